The molecule has 1 aromatic carbocycles. The number of nitro groups is 1. The van der Waals surface area contributed by atoms with E-state index in [-0.39, 0.29) is 17.3 Å². The molecule has 0 spiro atoms. The normalized spacial score (nSPS) is 10.1. The highest BCUT2D eigenvalue weighted by Gasteiger charge is 2.17. The van der Waals surface area contributed by atoms with E-state index < -0.39 is 4.92 Å². The van der Waals surface area contributed by atoms with Crippen molar-refractivity contribution in [3.63, 3.8) is 0 Å². The summed E-state index contributed by atoms with van der Waals surface area (Å²) in [6, 6.07) is 10.2. The van der Waals surface area contributed by atoms with Crippen LogP contribution in [0.15, 0.2) is 36.4 Å². The molecule has 7 heteroatoms. The lowest BCUT2D eigenvalue weighted by atomic mass is 10.2. The summed E-state index contributed by atoms with van der Waals surface area (Å²) in [5.74, 6) is 0.352. The van der Waals surface area contributed by atoms with Gasteiger partial charge in [-0.05, 0) is 18.2 Å². The van der Waals surface area contributed by atoms with Gasteiger partial charge in [0.25, 0.3) is 0 Å². The lowest BCUT2D eigenvalue weighted by Gasteiger charge is -2.18. The minimum Gasteiger partial charge on any atom is -0.384 e. The van der Waals surface area contributed by atoms with E-state index in [4.69, 9.17) is 5.73 Å². The lowest BCUT2D eigenvalue weighted by Crippen LogP contribution is -2.11. The first-order valence-corrected chi connectivity index (χ1v) is 5.93. The Labute approximate surface area is 116 Å². The molecule has 2 rings (SSSR count). The second kappa shape index (κ2) is 5.43. The van der Waals surface area contributed by atoms with Crippen LogP contribution in [0.1, 0.15) is 0 Å². The Morgan fingerprint density at radius 2 is 1.95 bits per heavy atom. The van der Waals surface area contributed by atoms with Crippen LogP contribution in [0.2, 0.25) is 0 Å². The van der Waals surface area contributed by atoms with Crippen molar-refractivity contribution in [1.82, 2.24) is 4.98 Å². The Balaban J connectivity index is 2.45. The molecule has 20 heavy (non-hydrogen) atoms. The molecule has 7 nitrogen and oxygen atoms in total. The van der Waals surface area contributed by atoms with Crippen LogP contribution in [0.5, 0.6) is 0 Å². The van der Waals surface area contributed by atoms with E-state index in [1.165, 1.54) is 12.1 Å². The van der Waals surface area contributed by atoms with E-state index in [2.05, 4.69) is 10.3 Å². The van der Waals surface area contributed by atoms with E-state index in [0.717, 1.165) is 11.4 Å². The average Bonchev–Trinajstić information content (AvgIpc) is 2.38. The van der Waals surface area contributed by atoms with Gasteiger partial charge in [0.2, 0.25) is 5.82 Å². The van der Waals surface area contributed by atoms with Crippen molar-refractivity contribution >= 4 is 28.7 Å². The minimum atomic E-state index is -0.493. The summed E-state index contributed by atoms with van der Waals surface area (Å²) in [5.41, 5.74) is 7.09. The zero-order chi connectivity index (χ0) is 14.7. The van der Waals surface area contributed by atoms with Crippen molar-refractivity contribution in [2.75, 3.05) is 30.0 Å². The third kappa shape index (κ3) is 2.77. The first-order valence-electron chi connectivity index (χ1n) is 5.93. The molecule has 0 saturated heterocycles. The van der Waals surface area contributed by atoms with Gasteiger partial charge in [0.15, 0.2) is 0 Å². The van der Waals surface area contributed by atoms with Gasteiger partial charge in [0.05, 0.1) is 16.3 Å². The molecule has 0 amide bonds. The van der Waals surface area contributed by atoms with Gasteiger partial charge >= 0.3 is 5.69 Å². The number of nitrogens with one attached hydrogen (secondary N) is 1. The standard InChI is InChI=1S/C13H15N5O2/c1-17(2)10-6-4-3-5-9(10)15-13-11(18(19)20)7-8-12(14)16-13/h3-8H,1-2H3,(H3,14,15,16). The van der Waals surface area contributed by atoms with Crippen molar-refractivity contribution < 1.29 is 4.92 Å². The molecule has 0 aliphatic rings. The van der Waals surface area contributed by atoms with E-state index in [0.29, 0.717) is 0 Å². The second-order valence-electron chi connectivity index (χ2n) is 4.40. The van der Waals surface area contributed by atoms with Gasteiger partial charge in [-0.25, -0.2) is 4.98 Å². The van der Waals surface area contributed by atoms with Crippen molar-refractivity contribution in [1.29, 1.82) is 0 Å². The van der Waals surface area contributed by atoms with Crippen molar-refractivity contribution in [2.45, 2.75) is 0 Å². The Hall–Kier alpha value is -2.83. The van der Waals surface area contributed by atoms with E-state index in [1.54, 1.807) is 0 Å². The number of nitrogens with two attached hydrogens (primary N) is 1. The van der Waals surface area contributed by atoms with Gasteiger partial charge in [0.1, 0.15) is 5.82 Å². The Morgan fingerprint density at radius 1 is 1.25 bits per heavy atom. The molecular formula is C13H15N5O2. The Bertz CT molecular complexity index is 642. The summed E-state index contributed by atoms with van der Waals surface area (Å²) in [4.78, 5) is 16.4. The quantitative estimate of drug-likeness (QED) is 0.655. The van der Waals surface area contributed by atoms with Crippen LogP contribution < -0.4 is 16.0 Å². The van der Waals surface area contributed by atoms with E-state index >= 15 is 0 Å². The highest BCUT2D eigenvalue weighted by Crippen LogP contribution is 2.31. The van der Waals surface area contributed by atoms with Crippen molar-refractivity contribution in [2.24, 2.45) is 0 Å². The maximum atomic E-state index is 11.0. The van der Waals surface area contributed by atoms with E-state index in [9.17, 15) is 10.1 Å². The molecule has 104 valence electrons. The number of benzene rings is 1. The number of para-hydroxylation sites is 2. The summed E-state index contributed by atoms with van der Waals surface area (Å²) in [7, 11) is 3.78. The summed E-state index contributed by atoms with van der Waals surface area (Å²) >= 11 is 0. The fourth-order valence-corrected chi connectivity index (χ4v) is 1.80. The third-order valence-electron chi connectivity index (χ3n) is 2.73. The molecule has 1 aromatic heterocycles. The van der Waals surface area contributed by atoms with Gasteiger partial charge in [0, 0.05) is 20.2 Å². The summed E-state index contributed by atoms with van der Waals surface area (Å²) < 4.78 is 0. The summed E-state index contributed by atoms with van der Waals surface area (Å²) in [5, 5.41) is 14.0. The summed E-state index contributed by atoms with van der Waals surface area (Å²) in [6.45, 7) is 0. The number of nitrogen functional groups attached to an aromatic ring is 1. The number of pyridine rings is 1. The number of hydrogen-bond acceptors (Lipinski definition) is 6. The number of rotatable bonds is 4. The highest BCUT2D eigenvalue weighted by atomic mass is 16.6. The predicted octanol–water partition coefficient (Wildman–Crippen LogP) is 2.38. The van der Waals surface area contributed by atoms with Crippen molar-refractivity contribution in [3.05, 3.63) is 46.5 Å². The number of aromatic nitrogens is 1. The second-order valence-corrected chi connectivity index (χ2v) is 4.40. The SMILES string of the molecule is CN(C)c1ccccc1Nc1nc(N)ccc1[N+](=O)[O-]. The fourth-order valence-electron chi connectivity index (χ4n) is 1.80. The van der Waals surface area contributed by atoms with Gasteiger partial charge in [-0.15, -0.1) is 0 Å². The molecule has 0 aliphatic heterocycles. The molecule has 0 unspecified atom stereocenters. The molecule has 0 radical (unpaired) electrons. The molecule has 0 saturated carbocycles. The van der Waals surface area contributed by atoms with Gasteiger partial charge in [-0.1, -0.05) is 12.1 Å². The monoisotopic (exact) mass is 273 g/mol. The number of anilines is 4. The molecule has 0 atom stereocenters. The largest absolute Gasteiger partial charge is 0.384 e. The maximum Gasteiger partial charge on any atom is 0.311 e. The van der Waals surface area contributed by atoms with Crippen molar-refractivity contribution in [3.8, 4) is 0 Å². The lowest BCUT2D eigenvalue weighted by molar-refractivity contribution is -0.384. The Morgan fingerprint density at radius 3 is 2.60 bits per heavy atom. The average molecular weight is 273 g/mol. The highest BCUT2D eigenvalue weighted by molar-refractivity contribution is 5.77. The topological polar surface area (TPSA) is 97.3 Å². The van der Waals surface area contributed by atoms with Crippen LogP contribution in [0.4, 0.5) is 28.7 Å². The van der Waals surface area contributed by atoms with Crippen LogP contribution in [0, 0.1) is 10.1 Å². The van der Waals surface area contributed by atoms with Gasteiger partial charge in [-0.3, -0.25) is 10.1 Å². The minimum absolute atomic E-state index is 0.118. The fraction of sp³-hybridized carbons (Fsp3) is 0.154. The smallest absolute Gasteiger partial charge is 0.311 e. The molecule has 0 aliphatic carbocycles. The predicted molar refractivity (Wildman–Crippen MR) is 79.4 cm³/mol. The van der Waals surface area contributed by atoms with Gasteiger partial charge < -0.3 is 16.0 Å². The zero-order valence-electron chi connectivity index (χ0n) is 11.2. The molecule has 1 heterocycles. The third-order valence-corrected chi connectivity index (χ3v) is 2.73. The van der Waals surface area contributed by atoms with Crippen LogP contribution in [0.25, 0.3) is 0 Å². The molecule has 3 N–H and O–H groups in total. The van der Waals surface area contributed by atoms with Crippen LogP contribution >= 0.6 is 0 Å². The number of nitrogens with zero attached hydrogens (tertiary/aromatic N) is 3. The maximum absolute atomic E-state index is 11.0. The zero-order valence-corrected chi connectivity index (χ0v) is 11.2. The van der Waals surface area contributed by atoms with Crippen LogP contribution in [-0.2, 0) is 0 Å². The van der Waals surface area contributed by atoms with Crippen LogP contribution in [-0.4, -0.2) is 24.0 Å². The van der Waals surface area contributed by atoms with E-state index in [1.807, 2.05) is 43.3 Å². The number of hydrogen-bond donors (Lipinski definition) is 2. The first kappa shape index (κ1) is 13.6. The summed E-state index contributed by atoms with van der Waals surface area (Å²) in [6.07, 6.45) is 0. The molecule has 0 bridgehead atoms. The molecule has 2 aromatic rings. The van der Waals surface area contributed by atoms with Gasteiger partial charge in [-0.2, -0.15) is 0 Å². The Kier molecular flexibility index (Phi) is 3.69. The molecular weight excluding hydrogens is 258 g/mol. The molecule has 0 fully saturated rings. The first-order chi connectivity index (χ1) is 9.49. The van der Waals surface area contributed by atoms with Crippen LogP contribution in [0.3, 0.4) is 0 Å².